The van der Waals surface area contributed by atoms with Gasteiger partial charge in [0.1, 0.15) is 0 Å². The van der Waals surface area contributed by atoms with Gasteiger partial charge in [0.15, 0.2) is 0 Å². The molecule has 46 heavy (non-hydrogen) atoms. The third-order valence-electron chi connectivity index (χ3n) is 8.65. The summed E-state index contributed by atoms with van der Waals surface area (Å²) in [5, 5.41) is 0. The number of aryl methyl sites for hydroxylation is 2. The molecule has 0 bridgehead atoms. The van der Waals surface area contributed by atoms with Gasteiger partial charge in [-0.05, 0) is 61.2 Å². The normalized spacial score (nSPS) is 11.9. The fraction of sp³-hybridized carbons (Fsp3) is 0.231. The number of hydrogen-bond acceptors (Lipinski definition) is 2. The Balaban J connectivity index is 0.000000177. The third kappa shape index (κ3) is 6.14. The smallest absolute Gasteiger partial charge is 0.411 e. The molecule has 6 aromatic rings. The molecule has 0 unspecified atom stereocenters. The van der Waals surface area contributed by atoms with E-state index in [-0.39, 0.29) is 27.1 Å². The molecule has 3 heterocycles. The number of nitrogens with zero attached hydrogens (tertiary/aromatic N) is 5. The van der Waals surface area contributed by atoms with Crippen molar-refractivity contribution in [2.24, 2.45) is 0 Å². The van der Waals surface area contributed by atoms with Crippen LogP contribution in [0.2, 0.25) is 0 Å². The molecular weight excluding hydrogens is 741 g/mol. The van der Waals surface area contributed by atoms with Crippen molar-refractivity contribution in [3.8, 4) is 22.8 Å². The van der Waals surface area contributed by atoms with E-state index in [1.54, 1.807) is 0 Å². The number of fused-ring (bicyclic) bond motifs is 3. The molecule has 0 atom stereocenters. The summed E-state index contributed by atoms with van der Waals surface area (Å²) in [7, 11) is 2.15. The number of imidazole rings is 1. The largest absolute Gasteiger partial charge is 3.00 e. The standard InChI is InChI=1S/C21H23N2.C18H17BN3.Ir/c1-15(2)18-11-8-12-19(16(3)4)20(18)23-14-13-22-21(23)17-9-6-5-7-10-17;1-14-8-6-9-15(2)18(14)19-20(3)16-10-4-5-11-17(16)21-12-7-13-22(19)21;/h5-9,11-16H,1-4H3;4-10,13H,1-3H3;/q2*-1;+3. The van der Waals surface area contributed by atoms with E-state index >= 15 is 0 Å². The molecule has 0 amide bonds. The van der Waals surface area contributed by atoms with E-state index in [0.29, 0.717) is 11.8 Å². The van der Waals surface area contributed by atoms with Gasteiger partial charge in [0.25, 0.3) is 0 Å². The molecular formula is C39H40BIrN5+. The maximum atomic E-state index is 4.60. The zero-order chi connectivity index (χ0) is 31.7. The third-order valence-corrected chi connectivity index (χ3v) is 8.65. The minimum atomic E-state index is 0. The van der Waals surface area contributed by atoms with Crippen LogP contribution in [0.5, 0.6) is 0 Å². The first kappa shape index (κ1) is 33.2. The predicted octanol–water partition coefficient (Wildman–Crippen LogP) is 7.26. The van der Waals surface area contributed by atoms with E-state index in [2.05, 4.69) is 151 Å². The number of anilines is 1. The van der Waals surface area contributed by atoms with Crippen LogP contribution in [0.15, 0.2) is 104 Å². The van der Waals surface area contributed by atoms with E-state index < -0.39 is 0 Å². The van der Waals surface area contributed by atoms with E-state index in [4.69, 9.17) is 0 Å². The van der Waals surface area contributed by atoms with Gasteiger partial charge in [-0.1, -0.05) is 75.8 Å². The van der Waals surface area contributed by atoms with Crippen molar-refractivity contribution in [1.29, 1.82) is 0 Å². The average molecular weight is 782 g/mol. The van der Waals surface area contributed by atoms with Crippen LogP contribution in [-0.2, 0) is 20.1 Å². The van der Waals surface area contributed by atoms with E-state index in [9.17, 15) is 0 Å². The van der Waals surface area contributed by atoms with Gasteiger partial charge in [-0.3, -0.25) is 9.67 Å². The van der Waals surface area contributed by atoms with Crippen LogP contribution >= 0.6 is 0 Å². The molecule has 0 radical (unpaired) electrons. The van der Waals surface area contributed by atoms with Crippen molar-refractivity contribution in [2.45, 2.75) is 53.4 Å². The Morgan fingerprint density at radius 1 is 0.783 bits per heavy atom. The molecule has 0 spiro atoms. The molecule has 0 saturated heterocycles. The van der Waals surface area contributed by atoms with Gasteiger partial charge in [-0.15, -0.1) is 41.6 Å². The van der Waals surface area contributed by atoms with Gasteiger partial charge in [0, 0.05) is 23.5 Å². The summed E-state index contributed by atoms with van der Waals surface area (Å²) in [4.78, 5) is 6.91. The average Bonchev–Trinajstić information content (AvgIpc) is 3.73. The fourth-order valence-electron chi connectivity index (χ4n) is 6.43. The minimum absolute atomic E-state index is 0. The molecule has 0 N–H and O–H groups in total. The number of benzene rings is 4. The summed E-state index contributed by atoms with van der Waals surface area (Å²) < 4.78 is 6.50. The van der Waals surface area contributed by atoms with Crippen LogP contribution in [0, 0.1) is 32.2 Å². The monoisotopic (exact) mass is 782 g/mol. The zero-order valence-corrected chi connectivity index (χ0v) is 30.0. The van der Waals surface area contributed by atoms with Crippen LogP contribution in [0.1, 0.15) is 61.8 Å². The second-order valence-corrected chi connectivity index (χ2v) is 12.3. The number of hydrogen-bond donors (Lipinski definition) is 0. The molecule has 1 aliphatic heterocycles. The summed E-state index contributed by atoms with van der Waals surface area (Å²) in [5.74, 6) is 1.86. The second-order valence-electron chi connectivity index (χ2n) is 12.3. The Morgan fingerprint density at radius 2 is 1.46 bits per heavy atom. The van der Waals surface area contributed by atoms with Crippen molar-refractivity contribution in [3.05, 3.63) is 144 Å². The van der Waals surface area contributed by atoms with E-state index in [1.807, 2.05) is 42.6 Å². The topological polar surface area (TPSA) is 29.9 Å². The van der Waals surface area contributed by atoms with Gasteiger partial charge >= 0.3 is 27.1 Å². The van der Waals surface area contributed by atoms with Crippen molar-refractivity contribution in [2.75, 3.05) is 11.9 Å². The van der Waals surface area contributed by atoms with Gasteiger partial charge in [0.2, 0.25) is 0 Å². The molecule has 5 nitrogen and oxygen atoms in total. The van der Waals surface area contributed by atoms with Gasteiger partial charge in [0.05, 0.1) is 12.0 Å². The maximum Gasteiger partial charge on any atom is 3.00 e. The first-order valence-corrected chi connectivity index (χ1v) is 15.7. The Labute approximate surface area is 288 Å². The zero-order valence-electron chi connectivity index (χ0n) is 27.6. The molecule has 7 heteroatoms. The molecule has 4 aromatic carbocycles. The Bertz CT molecular complexity index is 1880. The van der Waals surface area contributed by atoms with Crippen LogP contribution in [-0.4, -0.2) is 28.3 Å². The van der Waals surface area contributed by atoms with Gasteiger partial charge in [-0.2, -0.15) is 18.2 Å². The molecule has 1 aliphatic rings. The summed E-state index contributed by atoms with van der Waals surface area (Å²) >= 11 is 0. The van der Waals surface area contributed by atoms with Crippen molar-refractivity contribution in [1.82, 2.24) is 14.2 Å². The molecule has 0 aliphatic carbocycles. The molecule has 2 aromatic heterocycles. The van der Waals surface area contributed by atoms with Crippen LogP contribution < -0.4 is 14.9 Å². The maximum absolute atomic E-state index is 4.60. The molecule has 0 fully saturated rings. The number of rotatable bonds is 5. The number of aromatic nitrogens is 4. The minimum Gasteiger partial charge on any atom is -0.411 e. The first-order chi connectivity index (χ1) is 21.8. The van der Waals surface area contributed by atoms with Crippen molar-refractivity contribution in [3.63, 3.8) is 0 Å². The number of para-hydroxylation sites is 2. The molecule has 232 valence electrons. The van der Waals surface area contributed by atoms with Crippen LogP contribution in [0.25, 0.3) is 22.8 Å². The van der Waals surface area contributed by atoms with Gasteiger partial charge < -0.3 is 9.38 Å². The SMILES string of the molecule is CC(C)c1cccc(C(C)C)c1-n1ccnc1-c1[c-]cccc1.Cc1cccc(C)c1B1N(C)c2ccc[c-]c2-n2[c-]cc[n+]21.[Ir+3]. The van der Waals surface area contributed by atoms with Crippen molar-refractivity contribution < 1.29 is 24.7 Å². The fourth-order valence-corrected chi connectivity index (χ4v) is 6.43. The predicted molar refractivity (Wildman–Crippen MR) is 185 cm³/mol. The Kier molecular flexibility index (Phi) is 10.1. The first-order valence-electron chi connectivity index (χ1n) is 15.7. The van der Waals surface area contributed by atoms with E-state index in [1.165, 1.54) is 39.1 Å². The summed E-state index contributed by atoms with van der Waals surface area (Å²) in [6.07, 6.45) is 9.31. The quantitative estimate of drug-likeness (QED) is 0.136. The molecule has 0 saturated carbocycles. The van der Waals surface area contributed by atoms with Gasteiger partial charge in [-0.25, -0.2) is 10.7 Å². The summed E-state index contributed by atoms with van der Waals surface area (Å²) in [6.45, 7) is 13.5. The van der Waals surface area contributed by atoms with Crippen molar-refractivity contribution >= 4 is 18.1 Å². The summed E-state index contributed by atoms with van der Waals surface area (Å²) in [5.41, 5.74) is 11.2. The Hall–Kier alpha value is -4.19. The Morgan fingerprint density at radius 3 is 2.11 bits per heavy atom. The van der Waals surface area contributed by atoms with Crippen LogP contribution in [0.4, 0.5) is 5.69 Å². The second kappa shape index (κ2) is 14.1. The van der Waals surface area contributed by atoms with E-state index in [0.717, 1.165) is 17.1 Å². The molecule has 7 rings (SSSR count). The van der Waals surface area contributed by atoms with Crippen LogP contribution in [0.3, 0.4) is 0 Å². The summed E-state index contributed by atoms with van der Waals surface area (Å²) in [6, 6.07) is 35.8.